The monoisotopic (exact) mass is 116 g/mol. The summed E-state index contributed by atoms with van der Waals surface area (Å²) < 4.78 is 4.41. The molecule has 0 aliphatic carbocycles. The maximum atomic E-state index is 10.2. The van der Waals surface area contributed by atoms with Crippen LogP contribution in [-0.2, 0) is 9.53 Å². The maximum absolute atomic E-state index is 10.2. The van der Waals surface area contributed by atoms with Crippen molar-refractivity contribution >= 4 is 12.2 Å². The molecule has 46 valence electrons. The van der Waals surface area contributed by atoms with E-state index in [1.165, 1.54) is 0 Å². The van der Waals surface area contributed by atoms with E-state index in [0.29, 0.717) is 6.61 Å². The van der Waals surface area contributed by atoms with Gasteiger partial charge in [0.15, 0.2) is 0 Å². The second-order valence-corrected chi connectivity index (χ2v) is 1.03. The van der Waals surface area contributed by atoms with Gasteiger partial charge >= 0.3 is 5.97 Å². The Hall–Kier alpha value is -1.06. The number of nitrogens with zero attached hydrogens (tertiary/aromatic N) is 1. The molecule has 0 aliphatic heterocycles. The molecule has 0 radical (unpaired) electrons. The molecular weight excluding hydrogens is 108 g/mol. The molecule has 0 rings (SSSR count). The Morgan fingerprint density at radius 3 is 3.00 bits per heavy atom. The van der Waals surface area contributed by atoms with E-state index in [9.17, 15) is 4.79 Å². The first-order valence-corrected chi connectivity index (χ1v) is 2.21. The van der Waals surface area contributed by atoms with E-state index in [1.54, 1.807) is 6.92 Å². The molecule has 0 aromatic rings. The molecule has 0 aromatic heterocycles. The summed E-state index contributed by atoms with van der Waals surface area (Å²) in [5.74, 6) is 4.12. The number of carbonyl (C=O) groups excluding carboxylic acids is 1. The normalized spacial score (nSPS) is 9.62. The highest BCUT2D eigenvalue weighted by Crippen LogP contribution is 1.69. The predicted octanol–water partition coefficient (Wildman–Crippen LogP) is -0.506. The minimum atomic E-state index is -0.505. The first-order valence-electron chi connectivity index (χ1n) is 2.21. The van der Waals surface area contributed by atoms with Crippen molar-refractivity contribution < 1.29 is 9.53 Å². The summed E-state index contributed by atoms with van der Waals surface area (Å²) in [6.07, 6.45) is 0.920. The van der Waals surface area contributed by atoms with E-state index >= 15 is 0 Å². The Bertz CT molecular complexity index is 100. The van der Waals surface area contributed by atoms with Gasteiger partial charge in [0.25, 0.3) is 0 Å². The maximum Gasteiger partial charge on any atom is 0.351 e. The smallest absolute Gasteiger partial charge is 0.351 e. The van der Waals surface area contributed by atoms with Crippen LogP contribution in [0.3, 0.4) is 0 Å². The standard InChI is InChI=1S/C4H8N2O2/c1-2-8-4(7)3-6-5/h3H,2,5H2,1H3/b6-3-. The molecule has 4 heteroatoms. The van der Waals surface area contributed by atoms with Gasteiger partial charge < -0.3 is 10.6 Å². The lowest BCUT2D eigenvalue weighted by Gasteiger charge is -1.90. The quantitative estimate of drug-likeness (QED) is 0.229. The van der Waals surface area contributed by atoms with Gasteiger partial charge in [0.1, 0.15) is 6.21 Å². The predicted molar refractivity (Wildman–Crippen MR) is 29.3 cm³/mol. The Balaban J connectivity index is 3.33. The third-order valence-electron chi connectivity index (χ3n) is 0.467. The molecule has 4 nitrogen and oxygen atoms in total. The van der Waals surface area contributed by atoms with Crippen molar-refractivity contribution in [2.45, 2.75) is 6.92 Å². The summed E-state index contributed by atoms with van der Waals surface area (Å²) in [5, 5.41) is 2.95. The summed E-state index contributed by atoms with van der Waals surface area (Å²) in [6, 6.07) is 0. The van der Waals surface area contributed by atoms with Crippen LogP contribution in [0.25, 0.3) is 0 Å². The Labute approximate surface area is 47.3 Å². The third-order valence-corrected chi connectivity index (χ3v) is 0.467. The summed E-state index contributed by atoms with van der Waals surface area (Å²) in [5.41, 5.74) is 0. The van der Waals surface area contributed by atoms with Gasteiger partial charge in [0.2, 0.25) is 0 Å². The lowest BCUT2D eigenvalue weighted by molar-refractivity contribution is -0.134. The number of esters is 1. The van der Waals surface area contributed by atoms with Crippen LogP contribution < -0.4 is 5.84 Å². The average Bonchev–Trinajstić information content (AvgIpc) is 1.68. The topological polar surface area (TPSA) is 64.7 Å². The minimum absolute atomic E-state index is 0.352. The Kier molecular flexibility index (Phi) is 3.56. The highest BCUT2D eigenvalue weighted by atomic mass is 16.5. The van der Waals surface area contributed by atoms with Crippen molar-refractivity contribution in [3.63, 3.8) is 0 Å². The molecule has 0 spiro atoms. The molecule has 0 saturated carbocycles. The van der Waals surface area contributed by atoms with Crippen molar-refractivity contribution in [1.82, 2.24) is 0 Å². The van der Waals surface area contributed by atoms with E-state index in [1.807, 2.05) is 0 Å². The number of carbonyl (C=O) groups is 1. The van der Waals surface area contributed by atoms with Crippen LogP contribution in [-0.4, -0.2) is 18.8 Å². The van der Waals surface area contributed by atoms with Crippen molar-refractivity contribution in [2.75, 3.05) is 6.61 Å². The number of hydrogen-bond donors (Lipinski definition) is 1. The van der Waals surface area contributed by atoms with E-state index in [-0.39, 0.29) is 0 Å². The van der Waals surface area contributed by atoms with Crippen molar-refractivity contribution in [2.24, 2.45) is 10.9 Å². The highest BCUT2D eigenvalue weighted by molar-refractivity contribution is 6.22. The highest BCUT2D eigenvalue weighted by Gasteiger charge is 1.90. The summed E-state index contributed by atoms with van der Waals surface area (Å²) in [6.45, 7) is 2.06. The first kappa shape index (κ1) is 6.94. The molecule has 0 heterocycles. The van der Waals surface area contributed by atoms with Crippen LogP contribution in [0.5, 0.6) is 0 Å². The zero-order valence-electron chi connectivity index (χ0n) is 4.63. The Morgan fingerprint density at radius 1 is 2.00 bits per heavy atom. The number of ether oxygens (including phenoxy) is 1. The van der Waals surface area contributed by atoms with Gasteiger partial charge in [-0.05, 0) is 6.92 Å². The van der Waals surface area contributed by atoms with Crippen LogP contribution in [0.15, 0.2) is 5.10 Å². The van der Waals surface area contributed by atoms with Gasteiger partial charge in [0, 0.05) is 0 Å². The van der Waals surface area contributed by atoms with Crippen LogP contribution in [0, 0.1) is 0 Å². The molecule has 0 unspecified atom stereocenters. The fourth-order valence-electron chi connectivity index (χ4n) is 0.240. The zero-order chi connectivity index (χ0) is 6.41. The molecule has 0 aromatic carbocycles. The number of nitrogens with two attached hydrogens (primary N) is 1. The zero-order valence-corrected chi connectivity index (χ0v) is 4.63. The fourth-order valence-corrected chi connectivity index (χ4v) is 0.240. The fraction of sp³-hybridized carbons (Fsp3) is 0.500. The van der Waals surface area contributed by atoms with E-state index in [2.05, 4.69) is 15.7 Å². The van der Waals surface area contributed by atoms with Crippen molar-refractivity contribution in [3.05, 3.63) is 0 Å². The van der Waals surface area contributed by atoms with E-state index in [4.69, 9.17) is 0 Å². The van der Waals surface area contributed by atoms with E-state index < -0.39 is 5.97 Å². The second-order valence-electron chi connectivity index (χ2n) is 1.03. The number of rotatable bonds is 2. The van der Waals surface area contributed by atoms with Crippen molar-refractivity contribution in [3.8, 4) is 0 Å². The van der Waals surface area contributed by atoms with Gasteiger partial charge in [-0.1, -0.05) is 0 Å². The van der Waals surface area contributed by atoms with Crippen molar-refractivity contribution in [1.29, 1.82) is 0 Å². The second kappa shape index (κ2) is 4.11. The van der Waals surface area contributed by atoms with Crippen LogP contribution >= 0.6 is 0 Å². The van der Waals surface area contributed by atoms with Gasteiger partial charge in [-0.25, -0.2) is 4.79 Å². The molecular formula is C4H8N2O2. The number of hydrazone groups is 1. The molecule has 8 heavy (non-hydrogen) atoms. The lowest BCUT2D eigenvalue weighted by atomic mass is 10.7. The first-order chi connectivity index (χ1) is 3.81. The molecule has 0 amide bonds. The molecule has 0 atom stereocenters. The SMILES string of the molecule is CCOC(=O)/C=N\N. The summed E-state index contributed by atoms with van der Waals surface area (Å²) in [7, 11) is 0. The number of hydrogen-bond acceptors (Lipinski definition) is 4. The molecule has 0 fully saturated rings. The largest absolute Gasteiger partial charge is 0.462 e. The molecule has 0 aliphatic rings. The summed E-state index contributed by atoms with van der Waals surface area (Å²) in [4.78, 5) is 10.2. The third kappa shape index (κ3) is 3.14. The van der Waals surface area contributed by atoms with Crippen LogP contribution in [0.2, 0.25) is 0 Å². The molecule has 0 bridgehead atoms. The van der Waals surface area contributed by atoms with Crippen LogP contribution in [0.1, 0.15) is 6.92 Å². The van der Waals surface area contributed by atoms with Crippen LogP contribution in [0.4, 0.5) is 0 Å². The minimum Gasteiger partial charge on any atom is -0.462 e. The average molecular weight is 116 g/mol. The van der Waals surface area contributed by atoms with Gasteiger partial charge in [-0.3, -0.25) is 0 Å². The Morgan fingerprint density at radius 2 is 2.62 bits per heavy atom. The van der Waals surface area contributed by atoms with Gasteiger partial charge in [0.05, 0.1) is 6.61 Å². The summed E-state index contributed by atoms with van der Waals surface area (Å²) >= 11 is 0. The van der Waals surface area contributed by atoms with Gasteiger partial charge in [-0.15, -0.1) is 0 Å². The molecule has 0 saturated heterocycles. The molecule has 2 N–H and O–H groups in total. The van der Waals surface area contributed by atoms with E-state index in [0.717, 1.165) is 6.21 Å². The lowest BCUT2D eigenvalue weighted by Crippen LogP contribution is -2.05. The van der Waals surface area contributed by atoms with Gasteiger partial charge in [-0.2, -0.15) is 5.10 Å².